The van der Waals surface area contributed by atoms with Crippen LogP contribution in [-0.2, 0) is 14.6 Å². The molecular formula is C21H16ClFN4O4S. The number of pyridine rings is 2. The van der Waals surface area contributed by atoms with Crippen LogP contribution < -0.4 is 15.9 Å². The lowest BCUT2D eigenvalue weighted by Crippen LogP contribution is -2.32. The maximum Gasteiger partial charge on any atom is 0.307 e. The van der Waals surface area contributed by atoms with Crippen molar-refractivity contribution < 1.29 is 22.7 Å². The van der Waals surface area contributed by atoms with Crippen molar-refractivity contribution in [2.75, 3.05) is 5.32 Å². The van der Waals surface area contributed by atoms with E-state index in [2.05, 4.69) is 20.3 Å². The van der Waals surface area contributed by atoms with Gasteiger partial charge in [0.15, 0.2) is 0 Å². The molecule has 32 heavy (non-hydrogen) atoms. The quantitative estimate of drug-likeness (QED) is 0.562. The molecule has 1 aliphatic heterocycles. The Labute approximate surface area is 187 Å². The van der Waals surface area contributed by atoms with E-state index >= 15 is 0 Å². The highest BCUT2D eigenvalue weighted by molar-refractivity contribution is 7.91. The summed E-state index contributed by atoms with van der Waals surface area (Å²) in [5.41, 5.74) is 0.793. The van der Waals surface area contributed by atoms with Crippen LogP contribution in [0.4, 0.5) is 15.9 Å². The first-order chi connectivity index (χ1) is 15.2. The number of fused-ring (bicyclic) bond motifs is 1. The Kier molecular flexibility index (Phi) is 5.66. The second-order valence-corrected chi connectivity index (χ2v) is 9.39. The van der Waals surface area contributed by atoms with Crippen LogP contribution in [-0.4, -0.2) is 35.5 Å². The van der Waals surface area contributed by atoms with Gasteiger partial charge in [0.05, 0.1) is 39.6 Å². The molecule has 0 spiro atoms. The van der Waals surface area contributed by atoms with E-state index in [-0.39, 0.29) is 21.0 Å². The number of nitrogens with zero attached hydrogens (tertiary/aromatic N) is 3. The number of aromatic nitrogens is 2. The van der Waals surface area contributed by atoms with Gasteiger partial charge in [0.2, 0.25) is 9.84 Å². The molecule has 1 aromatic carbocycles. The van der Waals surface area contributed by atoms with Gasteiger partial charge in [-0.15, -0.1) is 0 Å². The van der Waals surface area contributed by atoms with Crippen LogP contribution in [0.25, 0.3) is 5.57 Å². The number of hydrogen-bond acceptors (Lipinski definition) is 7. The molecule has 11 heteroatoms. The third kappa shape index (κ3) is 4.06. The minimum absolute atomic E-state index is 0.00658. The number of nitrogens with one attached hydrogen (secondary N) is 1. The van der Waals surface area contributed by atoms with Crippen LogP contribution >= 0.6 is 11.6 Å². The molecule has 3 heterocycles. The van der Waals surface area contributed by atoms with Gasteiger partial charge in [0.25, 0.3) is 0 Å². The smallest absolute Gasteiger partial charge is 0.307 e. The van der Waals surface area contributed by atoms with Gasteiger partial charge in [-0.1, -0.05) is 11.6 Å². The molecule has 1 atom stereocenters. The maximum atomic E-state index is 14.8. The average Bonchev–Trinajstić information content (AvgIpc) is 3.03. The molecular weight excluding hydrogens is 459 g/mol. The molecule has 3 aromatic rings. The molecule has 2 aromatic heterocycles. The topological polar surface area (TPSA) is 122 Å². The van der Waals surface area contributed by atoms with Crippen molar-refractivity contribution in [2.45, 2.75) is 29.2 Å². The SMILES string of the molecule is CC1N=c2ccc(F)c(S(=O)(=O)c3ccc(Nc4cncc(Cl)c4)nc3)c2=C1CC(=O)O. The first kappa shape index (κ1) is 21.8. The van der Waals surface area contributed by atoms with Crippen LogP contribution in [0.15, 0.2) is 63.7 Å². The summed E-state index contributed by atoms with van der Waals surface area (Å²) in [6.45, 7) is 1.64. The summed E-state index contributed by atoms with van der Waals surface area (Å²) in [6.07, 6.45) is 3.64. The molecule has 1 unspecified atom stereocenters. The number of benzene rings is 1. The summed E-state index contributed by atoms with van der Waals surface area (Å²) in [5.74, 6) is -1.81. The molecule has 0 saturated heterocycles. The summed E-state index contributed by atoms with van der Waals surface area (Å²) in [6, 6.07) is 6.11. The molecule has 4 rings (SSSR count). The molecule has 0 amide bonds. The number of rotatable bonds is 6. The highest BCUT2D eigenvalue weighted by Crippen LogP contribution is 2.24. The minimum Gasteiger partial charge on any atom is -0.481 e. The Hall–Kier alpha value is -3.37. The molecule has 0 radical (unpaired) electrons. The lowest BCUT2D eigenvalue weighted by atomic mass is 10.0. The van der Waals surface area contributed by atoms with Gasteiger partial charge >= 0.3 is 5.97 Å². The Balaban J connectivity index is 1.79. The van der Waals surface area contributed by atoms with Crippen LogP contribution in [0.5, 0.6) is 0 Å². The normalized spacial score (nSPS) is 15.2. The predicted molar refractivity (Wildman–Crippen MR) is 115 cm³/mol. The van der Waals surface area contributed by atoms with Crippen LogP contribution in [0.3, 0.4) is 0 Å². The predicted octanol–water partition coefficient (Wildman–Crippen LogP) is 2.49. The lowest BCUT2D eigenvalue weighted by molar-refractivity contribution is -0.135. The van der Waals surface area contributed by atoms with Crippen molar-refractivity contribution in [1.29, 1.82) is 0 Å². The molecule has 8 nitrogen and oxygen atoms in total. The van der Waals surface area contributed by atoms with Crippen molar-refractivity contribution in [2.24, 2.45) is 4.99 Å². The first-order valence-corrected chi connectivity index (χ1v) is 11.2. The number of sulfone groups is 1. The molecule has 0 bridgehead atoms. The number of anilines is 2. The van der Waals surface area contributed by atoms with Crippen molar-refractivity contribution >= 4 is 44.5 Å². The van der Waals surface area contributed by atoms with E-state index in [4.69, 9.17) is 11.6 Å². The minimum atomic E-state index is -4.36. The van der Waals surface area contributed by atoms with Gasteiger partial charge in [0, 0.05) is 17.6 Å². The van der Waals surface area contributed by atoms with E-state index in [1.165, 1.54) is 30.6 Å². The summed E-state index contributed by atoms with van der Waals surface area (Å²) < 4.78 is 41.5. The number of aliphatic carboxylic acids is 1. The third-order valence-corrected chi connectivity index (χ3v) is 6.89. The number of carbonyl (C=O) groups is 1. The van der Waals surface area contributed by atoms with Crippen molar-refractivity contribution in [1.82, 2.24) is 9.97 Å². The zero-order valence-corrected chi connectivity index (χ0v) is 18.2. The van der Waals surface area contributed by atoms with E-state index in [1.54, 1.807) is 13.0 Å². The van der Waals surface area contributed by atoms with E-state index in [9.17, 15) is 22.7 Å². The summed E-state index contributed by atoms with van der Waals surface area (Å²) in [4.78, 5) is 22.8. The van der Waals surface area contributed by atoms with Crippen LogP contribution in [0.1, 0.15) is 13.3 Å². The second kappa shape index (κ2) is 8.29. The third-order valence-electron chi connectivity index (χ3n) is 4.88. The maximum absolute atomic E-state index is 14.8. The first-order valence-electron chi connectivity index (χ1n) is 9.37. The summed E-state index contributed by atoms with van der Waals surface area (Å²) >= 11 is 5.89. The number of halogens is 2. The fraction of sp³-hybridized carbons (Fsp3) is 0.143. The number of carboxylic acids is 1. The Morgan fingerprint density at radius 3 is 2.66 bits per heavy atom. The highest BCUT2D eigenvalue weighted by atomic mass is 35.5. The zero-order chi connectivity index (χ0) is 23.0. The van der Waals surface area contributed by atoms with Crippen molar-refractivity contribution in [3.05, 3.63) is 70.3 Å². The highest BCUT2D eigenvalue weighted by Gasteiger charge is 2.29. The molecule has 0 saturated carbocycles. The monoisotopic (exact) mass is 474 g/mol. The van der Waals surface area contributed by atoms with Gasteiger partial charge in [-0.05, 0) is 42.8 Å². The fourth-order valence-corrected chi connectivity index (χ4v) is 5.16. The lowest BCUT2D eigenvalue weighted by Gasteiger charge is -2.10. The van der Waals surface area contributed by atoms with Gasteiger partial charge in [-0.2, -0.15) is 0 Å². The average molecular weight is 475 g/mol. The largest absolute Gasteiger partial charge is 0.481 e. The molecule has 164 valence electrons. The van der Waals surface area contributed by atoms with Crippen molar-refractivity contribution in [3.63, 3.8) is 0 Å². The fourth-order valence-electron chi connectivity index (χ4n) is 3.48. The van der Waals surface area contributed by atoms with Gasteiger partial charge < -0.3 is 10.4 Å². The van der Waals surface area contributed by atoms with E-state index < -0.39 is 39.0 Å². The second-order valence-electron chi connectivity index (χ2n) is 7.07. The van der Waals surface area contributed by atoms with Gasteiger partial charge in [0.1, 0.15) is 16.5 Å². The molecule has 2 N–H and O–H groups in total. The molecule has 0 fully saturated rings. The van der Waals surface area contributed by atoms with E-state index in [1.807, 2.05) is 0 Å². The zero-order valence-electron chi connectivity index (χ0n) is 16.6. The Morgan fingerprint density at radius 2 is 2.00 bits per heavy atom. The standard InChI is InChI=1S/C21H16ClFN4O4S/c1-11-15(7-19(28)29)20-17(26-11)4-3-16(23)21(20)32(30,31)14-2-5-18(25-10-14)27-13-6-12(22)8-24-9-13/h2-6,8-11H,7H2,1H3,(H,25,27)(H,28,29). The van der Waals surface area contributed by atoms with Crippen LogP contribution in [0.2, 0.25) is 5.02 Å². The number of carboxylic acid groups (broad SMARTS) is 1. The molecule has 0 aliphatic carbocycles. The van der Waals surface area contributed by atoms with Gasteiger partial charge in [-0.3, -0.25) is 14.8 Å². The number of hydrogen-bond donors (Lipinski definition) is 2. The van der Waals surface area contributed by atoms with Crippen LogP contribution in [0, 0.1) is 5.82 Å². The van der Waals surface area contributed by atoms with E-state index in [0.717, 1.165) is 12.3 Å². The Bertz CT molecular complexity index is 1460. The Morgan fingerprint density at radius 1 is 1.22 bits per heavy atom. The summed E-state index contributed by atoms with van der Waals surface area (Å²) in [7, 11) is -4.36. The van der Waals surface area contributed by atoms with Crippen molar-refractivity contribution in [3.8, 4) is 0 Å². The van der Waals surface area contributed by atoms with Gasteiger partial charge in [-0.25, -0.2) is 17.8 Å². The summed E-state index contributed by atoms with van der Waals surface area (Å²) in [5, 5.41) is 12.8. The molecule has 1 aliphatic rings. The van der Waals surface area contributed by atoms with E-state index in [0.29, 0.717) is 16.5 Å².